The molecule has 0 rings (SSSR count). The molecule has 0 aliphatic rings. The molecule has 0 N–H and O–H groups in total. The van der Waals surface area contributed by atoms with Gasteiger partial charge in [0.15, 0.2) is 0 Å². The van der Waals surface area contributed by atoms with Gasteiger partial charge < -0.3 is 4.74 Å². The summed E-state index contributed by atoms with van der Waals surface area (Å²) >= 11 is 0. The van der Waals surface area contributed by atoms with E-state index in [4.69, 9.17) is 0 Å². The fourth-order valence-corrected chi connectivity index (χ4v) is 0.597. The van der Waals surface area contributed by atoms with Crippen molar-refractivity contribution in [3.63, 3.8) is 0 Å². The first kappa shape index (κ1) is 11.6. The Bertz CT molecular complexity index is 239. The second kappa shape index (κ2) is 5.27. The standard InChI is InChI=1S/C9H12NO3/c1-4-8(12)13-6-5-9(2,3)10-7-11/h4H,1-2,5-6H2,3H3. The molecule has 1 atom stereocenters. The number of rotatable bonds is 5. The van der Waals surface area contributed by atoms with Crippen LogP contribution in [0.4, 0.5) is 0 Å². The van der Waals surface area contributed by atoms with E-state index in [1.54, 1.807) is 6.92 Å². The Morgan fingerprint density at radius 1 is 1.77 bits per heavy atom. The van der Waals surface area contributed by atoms with E-state index in [1.807, 2.05) is 0 Å². The lowest BCUT2D eigenvalue weighted by Gasteiger charge is -2.15. The molecule has 0 saturated heterocycles. The van der Waals surface area contributed by atoms with E-state index in [9.17, 15) is 9.59 Å². The molecule has 0 heterocycles. The van der Waals surface area contributed by atoms with E-state index < -0.39 is 11.5 Å². The van der Waals surface area contributed by atoms with Gasteiger partial charge in [-0.15, -0.1) is 0 Å². The first-order chi connectivity index (χ1) is 6.02. The third kappa shape index (κ3) is 5.82. The molecular weight excluding hydrogens is 170 g/mol. The summed E-state index contributed by atoms with van der Waals surface area (Å²) in [6, 6.07) is 0. The van der Waals surface area contributed by atoms with E-state index in [0.717, 1.165) is 6.08 Å². The molecule has 13 heavy (non-hydrogen) atoms. The van der Waals surface area contributed by atoms with Gasteiger partial charge in [-0.3, -0.25) is 0 Å². The fraction of sp³-hybridized carbons (Fsp3) is 0.444. The molecule has 0 aliphatic heterocycles. The van der Waals surface area contributed by atoms with Crippen LogP contribution in [0.1, 0.15) is 13.3 Å². The summed E-state index contributed by atoms with van der Waals surface area (Å²) in [6.45, 7) is 8.69. The van der Waals surface area contributed by atoms with Gasteiger partial charge in [0, 0.05) is 12.5 Å². The molecule has 0 saturated carbocycles. The summed E-state index contributed by atoms with van der Waals surface area (Å²) < 4.78 is 4.69. The van der Waals surface area contributed by atoms with Crippen LogP contribution in [0, 0.1) is 6.92 Å². The van der Waals surface area contributed by atoms with Crippen molar-refractivity contribution in [1.82, 2.24) is 0 Å². The summed E-state index contributed by atoms with van der Waals surface area (Å²) in [7, 11) is 0. The number of aliphatic imine (C=N–C) groups is 1. The molecule has 0 amide bonds. The van der Waals surface area contributed by atoms with Crippen LogP contribution in [0.25, 0.3) is 0 Å². The highest BCUT2D eigenvalue weighted by Crippen LogP contribution is 2.12. The monoisotopic (exact) mass is 182 g/mol. The highest BCUT2D eigenvalue weighted by Gasteiger charge is 2.16. The van der Waals surface area contributed by atoms with Crippen LogP contribution in [0.15, 0.2) is 17.6 Å². The topological polar surface area (TPSA) is 55.7 Å². The van der Waals surface area contributed by atoms with Crippen LogP contribution in [0.5, 0.6) is 0 Å². The Balaban J connectivity index is 3.81. The number of hydrogen-bond donors (Lipinski definition) is 0. The minimum Gasteiger partial charge on any atom is -0.462 e. The average molecular weight is 182 g/mol. The molecule has 0 aliphatic carbocycles. The van der Waals surface area contributed by atoms with Gasteiger partial charge in [-0.05, 0) is 13.8 Å². The fourth-order valence-electron chi connectivity index (χ4n) is 0.597. The Kier molecular flexibility index (Phi) is 4.70. The normalized spacial score (nSPS) is 10.0. The molecule has 0 aromatic carbocycles. The summed E-state index contributed by atoms with van der Waals surface area (Å²) in [5.41, 5.74) is -0.775. The highest BCUT2D eigenvalue weighted by atomic mass is 16.5. The van der Waals surface area contributed by atoms with Crippen molar-refractivity contribution < 1.29 is 14.3 Å². The first-order valence-corrected chi connectivity index (χ1v) is 3.75. The number of isocyanates is 1. The van der Waals surface area contributed by atoms with Gasteiger partial charge in [0.1, 0.15) is 0 Å². The molecule has 4 nitrogen and oxygen atoms in total. The second-order valence-electron chi connectivity index (χ2n) is 2.82. The summed E-state index contributed by atoms with van der Waals surface area (Å²) in [5.74, 6) is -0.495. The largest absolute Gasteiger partial charge is 0.462 e. The van der Waals surface area contributed by atoms with Crippen LogP contribution in [0.2, 0.25) is 0 Å². The van der Waals surface area contributed by atoms with Crippen molar-refractivity contribution >= 4 is 12.0 Å². The Morgan fingerprint density at radius 2 is 2.38 bits per heavy atom. The van der Waals surface area contributed by atoms with Gasteiger partial charge in [0.2, 0.25) is 6.08 Å². The number of carbonyl (C=O) groups is 1. The van der Waals surface area contributed by atoms with E-state index in [2.05, 4.69) is 23.2 Å². The lowest BCUT2D eigenvalue weighted by molar-refractivity contribution is -0.138. The molecule has 4 heteroatoms. The van der Waals surface area contributed by atoms with Crippen LogP contribution in [-0.2, 0) is 14.3 Å². The van der Waals surface area contributed by atoms with Gasteiger partial charge in [0.25, 0.3) is 0 Å². The van der Waals surface area contributed by atoms with Crippen molar-refractivity contribution in [3.05, 3.63) is 19.6 Å². The molecule has 0 spiro atoms. The highest BCUT2D eigenvalue weighted by molar-refractivity contribution is 5.81. The third-order valence-corrected chi connectivity index (χ3v) is 1.37. The molecule has 1 unspecified atom stereocenters. The zero-order valence-electron chi connectivity index (χ0n) is 7.58. The maximum atomic E-state index is 10.6. The SMILES string of the molecule is [CH2]C(C)(CCOC(=O)C=C)N=C=O. The molecular formula is C9H12NO3. The van der Waals surface area contributed by atoms with Gasteiger partial charge in [0.05, 0.1) is 12.1 Å². The van der Waals surface area contributed by atoms with Crippen LogP contribution in [-0.4, -0.2) is 24.2 Å². The molecule has 0 fully saturated rings. The Labute approximate surface area is 77.3 Å². The zero-order valence-corrected chi connectivity index (χ0v) is 7.58. The lowest BCUT2D eigenvalue weighted by atomic mass is 10.0. The average Bonchev–Trinajstić information content (AvgIpc) is 2.03. The van der Waals surface area contributed by atoms with Crippen molar-refractivity contribution in [2.75, 3.05) is 6.61 Å². The zero-order chi connectivity index (χ0) is 10.3. The molecule has 0 bridgehead atoms. The minimum absolute atomic E-state index is 0.163. The summed E-state index contributed by atoms with van der Waals surface area (Å²) in [5, 5.41) is 0. The van der Waals surface area contributed by atoms with Crippen molar-refractivity contribution in [1.29, 1.82) is 0 Å². The smallest absolute Gasteiger partial charge is 0.330 e. The second-order valence-corrected chi connectivity index (χ2v) is 2.82. The predicted molar refractivity (Wildman–Crippen MR) is 47.7 cm³/mol. The van der Waals surface area contributed by atoms with Gasteiger partial charge in [-0.1, -0.05) is 6.58 Å². The number of esters is 1. The Hall–Kier alpha value is -1.41. The van der Waals surface area contributed by atoms with Gasteiger partial charge in [-0.25, -0.2) is 9.59 Å². The van der Waals surface area contributed by atoms with Gasteiger partial charge in [-0.2, -0.15) is 4.99 Å². The minimum atomic E-state index is -0.775. The maximum Gasteiger partial charge on any atom is 0.330 e. The predicted octanol–water partition coefficient (Wildman–Crippen LogP) is 1.03. The molecule has 71 valence electrons. The summed E-state index contributed by atoms with van der Waals surface area (Å²) in [6.07, 6.45) is 2.86. The molecule has 0 aromatic rings. The maximum absolute atomic E-state index is 10.6. The van der Waals surface area contributed by atoms with Crippen molar-refractivity contribution in [3.8, 4) is 0 Å². The van der Waals surface area contributed by atoms with E-state index in [0.29, 0.717) is 6.42 Å². The first-order valence-electron chi connectivity index (χ1n) is 3.75. The Morgan fingerprint density at radius 3 is 2.85 bits per heavy atom. The van der Waals surface area contributed by atoms with Crippen LogP contribution >= 0.6 is 0 Å². The number of nitrogens with zero attached hydrogens (tertiary/aromatic N) is 1. The molecule has 0 aromatic heterocycles. The third-order valence-electron chi connectivity index (χ3n) is 1.37. The number of carbonyl (C=O) groups excluding carboxylic acids is 2. The van der Waals surface area contributed by atoms with Gasteiger partial charge >= 0.3 is 5.97 Å². The van der Waals surface area contributed by atoms with Crippen molar-refractivity contribution in [2.24, 2.45) is 4.99 Å². The number of hydrogen-bond acceptors (Lipinski definition) is 4. The molecule has 1 radical (unpaired) electrons. The van der Waals surface area contributed by atoms with E-state index in [1.165, 1.54) is 6.08 Å². The van der Waals surface area contributed by atoms with E-state index in [-0.39, 0.29) is 6.61 Å². The quantitative estimate of drug-likeness (QED) is 0.276. The summed E-state index contributed by atoms with van der Waals surface area (Å²) in [4.78, 5) is 24.0. The van der Waals surface area contributed by atoms with Crippen LogP contribution in [0.3, 0.4) is 0 Å². The lowest BCUT2D eigenvalue weighted by Crippen LogP contribution is -2.20. The van der Waals surface area contributed by atoms with E-state index >= 15 is 0 Å². The number of ether oxygens (including phenoxy) is 1. The van der Waals surface area contributed by atoms with Crippen molar-refractivity contribution in [2.45, 2.75) is 18.9 Å². The van der Waals surface area contributed by atoms with Crippen LogP contribution < -0.4 is 0 Å².